The summed E-state index contributed by atoms with van der Waals surface area (Å²) < 4.78 is 5.76. The predicted octanol–water partition coefficient (Wildman–Crippen LogP) is 3.75. The average molecular weight is 431 g/mol. The molecule has 1 heterocycles. The highest BCUT2D eigenvalue weighted by molar-refractivity contribution is 14.1. The molecule has 1 amide bonds. The number of hydrogen-bond donors (Lipinski definition) is 1. The zero-order valence-corrected chi connectivity index (χ0v) is 14.7. The summed E-state index contributed by atoms with van der Waals surface area (Å²) in [5.41, 5.74) is 1.60. The van der Waals surface area contributed by atoms with Crippen LogP contribution in [0.4, 0.5) is 5.69 Å². The van der Waals surface area contributed by atoms with E-state index in [2.05, 4.69) is 37.6 Å². The third-order valence-electron chi connectivity index (χ3n) is 2.79. The van der Waals surface area contributed by atoms with Crippen LogP contribution in [0.3, 0.4) is 0 Å². The number of pyridine rings is 1. The van der Waals surface area contributed by atoms with E-state index in [0.717, 1.165) is 9.13 Å². The molecule has 0 atom stereocenters. The Balaban J connectivity index is 2.61. The lowest BCUT2D eigenvalue weighted by Gasteiger charge is -2.11. The van der Waals surface area contributed by atoms with Crippen LogP contribution in [-0.4, -0.2) is 24.0 Å². The van der Waals surface area contributed by atoms with Crippen LogP contribution in [0.1, 0.15) is 17.4 Å². The average Bonchev–Trinajstić information content (AvgIpc) is 2.49. The van der Waals surface area contributed by atoms with Crippen molar-refractivity contribution in [2.75, 3.05) is 12.4 Å². The highest BCUT2D eigenvalue weighted by Crippen LogP contribution is 2.30. The number of hydrogen-bond acceptors (Lipinski definition) is 4. The first kappa shape index (κ1) is 16.7. The van der Waals surface area contributed by atoms with Gasteiger partial charge in [0.2, 0.25) is 5.91 Å². The second kappa shape index (κ2) is 7.06. The van der Waals surface area contributed by atoms with Crippen molar-refractivity contribution < 1.29 is 14.3 Å². The van der Waals surface area contributed by atoms with Gasteiger partial charge in [0.25, 0.3) is 0 Å². The van der Waals surface area contributed by atoms with E-state index in [9.17, 15) is 9.59 Å². The number of aromatic nitrogens is 1. The molecular formula is C15H12ClIN2O3. The van der Waals surface area contributed by atoms with Gasteiger partial charge in [0.05, 0.1) is 23.5 Å². The minimum atomic E-state index is -0.663. The molecule has 0 radical (unpaired) electrons. The Morgan fingerprint density at radius 3 is 2.45 bits per heavy atom. The largest absolute Gasteiger partial charge is 0.464 e. The van der Waals surface area contributed by atoms with Gasteiger partial charge in [-0.1, -0.05) is 23.7 Å². The third-order valence-corrected chi connectivity index (χ3v) is 3.89. The molecule has 1 N–H and O–H groups in total. The van der Waals surface area contributed by atoms with Crippen LogP contribution < -0.4 is 5.32 Å². The summed E-state index contributed by atoms with van der Waals surface area (Å²) in [7, 11) is 1.25. The molecule has 22 heavy (non-hydrogen) atoms. The van der Waals surface area contributed by atoms with E-state index in [-0.39, 0.29) is 16.6 Å². The van der Waals surface area contributed by atoms with Crippen molar-refractivity contribution >= 4 is 51.8 Å². The molecule has 0 aliphatic heterocycles. The molecule has 0 bridgehead atoms. The lowest BCUT2D eigenvalue weighted by atomic mass is 10.1. The molecule has 1 aromatic heterocycles. The number of carbonyl (C=O) groups excluding carboxylic acids is 2. The first-order chi connectivity index (χ1) is 10.4. The molecule has 0 fully saturated rings. The van der Waals surface area contributed by atoms with Gasteiger partial charge in [0.15, 0.2) is 5.69 Å². The first-order valence-electron chi connectivity index (χ1n) is 6.24. The van der Waals surface area contributed by atoms with Crippen molar-refractivity contribution in [2.24, 2.45) is 0 Å². The van der Waals surface area contributed by atoms with E-state index in [1.54, 1.807) is 6.07 Å². The molecule has 0 aliphatic carbocycles. The monoisotopic (exact) mass is 430 g/mol. The molecule has 114 valence electrons. The Bertz CT molecular complexity index is 732. The Labute approximate surface area is 146 Å². The number of methoxy groups -OCH3 is 1. The van der Waals surface area contributed by atoms with Crippen molar-refractivity contribution in [3.05, 3.63) is 44.6 Å². The zero-order chi connectivity index (χ0) is 16.3. The molecule has 2 aromatic rings. The predicted molar refractivity (Wildman–Crippen MR) is 93.0 cm³/mol. The van der Waals surface area contributed by atoms with E-state index in [4.69, 9.17) is 11.6 Å². The van der Waals surface area contributed by atoms with Crippen molar-refractivity contribution in [1.82, 2.24) is 4.98 Å². The summed E-state index contributed by atoms with van der Waals surface area (Å²) in [5, 5.41) is 2.65. The van der Waals surface area contributed by atoms with Gasteiger partial charge in [0, 0.05) is 16.1 Å². The highest BCUT2D eigenvalue weighted by atomic mass is 127. The van der Waals surface area contributed by atoms with Crippen LogP contribution >= 0.6 is 34.2 Å². The van der Waals surface area contributed by atoms with Gasteiger partial charge in [-0.25, -0.2) is 9.78 Å². The minimum absolute atomic E-state index is 0.0380. The van der Waals surface area contributed by atoms with E-state index >= 15 is 0 Å². The molecule has 0 saturated heterocycles. The van der Waals surface area contributed by atoms with Crippen molar-refractivity contribution in [3.8, 4) is 11.3 Å². The Morgan fingerprint density at radius 1 is 1.27 bits per heavy atom. The normalized spacial score (nSPS) is 10.2. The van der Waals surface area contributed by atoms with Gasteiger partial charge >= 0.3 is 5.97 Å². The van der Waals surface area contributed by atoms with Crippen LogP contribution in [0.5, 0.6) is 0 Å². The van der Waals surface area contributed by atoms with E-state index < -0.39 is 5.97 Å². The summed E-state index contributed by atoms with van der Waals surface area (Å²) in [5.74, 6) is -0.957. The molecule has 7 heteroatoms. The lowest BCUT2D eigenvalue weighted by molar-refractivity contribution is -0.114. The summed E-state index contributed by atoms with van der Waals surface area (Å²) in [6.45, 7) is 1.36. The maximum atomic E-state index is 11.8. The van der Waals surface area contributed by atoms with Crippen molar-refractivity contribution in [3.63, 3.8) is 0 Å². The number of nitrogens with one attached hydrogen (secondary N) is 1. The summed E-state index contributed by atoms with van der Waals surface area (Å²) >= 11 is 8.33. The Hall–Kier alpha value is -1.67. The maximum Gasteiger partial charge on any atom is 0.358 e. The van der Waals surface area contributed by atoms with Gasteiger partial charge in [-0.2, -0.15) is 0 Å². The van der Waals surface area contributed by atoms with Crippen LogP contribution in [0.25, 0.3) is 11.3 Å². The molecule has 2 rings (SSSR count). The summed E-state index contributed by atoms with van der Waals surface area (Å²) in [6, 6.07) is 9.20. The smallest absolute Gasteiger partial charge is 0.358 e. The molecular weight excluding hydrogens is 419 g/mol. The summed E-state index contributed by atoms with van der Waals surface area (Å²) in [6.07, 6.45) is 0. The second-order valence-corrected chi connectivity index (χ2v) is 6.02. The topological polar surface area (TPSA) is 68.3 Å². The number of halogens is 2. The summed E-state index contributed by atoms with van der Waals surface area (Å²) in [4.78, 5) is 27.4. The van der Waals surface area contributed by atoms with E-state index in [1.807, 2.05) is 24.3 Å². The molecule has 0 unspecified atom stereocenters. The Morgan fingerprint density at radius 2 is 1.91 bits per heavy atom. The standard InChI is InChI=1S/C15H12ClIN2O3/c1-8(20)18-12-7-11(9-3-5-10(17)6-4-9)19-14(13(12)16)15(21)22-2/h3-7H,1-2H3,(H,18,19,20). The fraction of sp³-hybridized carbons (Fsp3) is 0.133. The van der Waals surface area contributed by atoms with Crippen LogP contribution in [0.2, 0.25) is 5.02 Å². The number of ether oxygens (including phenoxy) is 1. The molecule has 5 nitrogen and oxygen atoms in total. The number of benzene rings is 1. The van der Waals surface area contributed by atoms with Gasteiger partial charge in [-0.3, -0.25) is 4.79 Å². The fourth-order valence-electron chi connectivity index (χ4n) is 1.81. The number of carbonyl (C=O) groups is 2. The first-order valence-corrected chi connectivity index (χ1v) is 7.70. The Kier molecular flexibility index (Phi) is 5.36. The molecule has 0 aliphatic rings. The number of anilines is 1. The van der Waals surface area contributed by atoms with Gasteiger partial charge < -0.3 is 10.1 Å². The molecule has 1 aromatic carbocycles. The fourth-order valence-corrected chi connectivity index (χ4v) is 2.39. The van der Waals surface area contributed by atoms with Gasteiger partial charge in [-0.15, -0.1) is 0 Å². The van der Waals surface area contributed by atoms with Gasteiger partial charge in [0.1, 0.15) is 0 Å². The maximum absolute atomic E-state index is 11.8. The number of esters is 1. The SMILES string of the molecule is COC(=O)c1nc(-c2ccc(I)cc2)cc(NC(C)=O)c1Cl. The van der Waals surface area contributed by atoms with Crippen LogP contribution in [0, 0.1) is 3.57 Å². The molecule has 0 spiro atoms. The van der Waals surface area contributed by atoms with E-state index in [1.165, 1.54) is 14.0 Å². The zero-order valence-electron chi connectivity index (χ0n) is 11.8. The van der Waals surface area contributed by atoms with Crippen molar-refractivity contribution in [2.45, 2.75) is 6.92 Å². The lowest BCUT2D eigenvalue weighted by Crippen LogP contribution is -2.11. The second-order valence-electron chi connectivity index (χ2n) is 4.40. The number of amides is 1. The van der Waals surface area contributed by atoms with Crippen LogP contribution in [-0.2, 0) is 9.53 Å². The molecule has 0 saturated carbocycles. The quantitative estimate of drug-likeness (QED) is 0.595. The third kappa shape index (κ3) is 3.75. The minimum Gasteiger partial charge on any atom is -0.464 e. The van der Waals surface area contributed by atoms with Gasteiger partial charge in [-0.05, 0) is 40.8 Å². The van der Waals surface area contributed by atoms with Crippen LogP contribution in [0.15, 0.2) is 30.3 Å². The number of nitrogens with zero attached hydrogens (tertiary/aromatic N) is 1. The van der Waals surface area contributed by atoms with E-state index in [0.29, 0.717) is 11.4 Å². The van der Waals surface area contributed by atoms with Crippen molar-refractivity contribution in [1.29, 1.82) is 0 Å². The number of rotatable bonds is 3. The highest BCUT2D eigenvalue weighted by Gasteiger charge is 2.19.